The van der Waals surface area contributed by atoms with Crippen molar-refractivity contribution in [2.45, 2.75) is 33.1 Å². The molecule has 0 aliphatic rings. The van der Waals surface area contributed by atoms with Gasteiger partial charge in [0.05, 0.1) is 11.4 Å². The maximum absolute atomic E-state index is 13.3. The fourth-order valence-electron chi connectivity index (χ4n) is 3.00. The molecule has 0 radical (unpaired) electrons. The molecule has 0 bridgehead atoms. The summed E-state index contributed by atoms with van der Waals surface area (Å²) in [6.45, 7) is 4.52. The largest absolute Gasteiger partial charge is 0.439 e. The molecule has 6 heteroatoms. The molecule has 2 aromatic carbocycles. The third kappa shape index (κ3) is 4.57. The molecule has 0 aliphatic carbocycles. The standard InChI is InChI=1S/C22H24FN3O2/c1-3-20-19(14-15-21(27)24-4-2)22(28-18-12-10-16(23)11-13-18)26(25-20)17-8-6-5-7-9-17/h5-13H,3-4,14-15H2,1-2H3,(H,24,27). The Morgan fingerprint density at radius 2 is 1.82 bits per heavy atom. The molecule has 1 aromatic heterocycles. The van der Waals surface area contributed by atoms with Gasteiger partial charge in [-0.1, -0.05) is 25.1 Å². The third-order valence-corrected chi connectivity index (χ3v) is 4.36. The lowest BCUT2D eigenvalue weighted by Crippen LogP contribution is -2.22. The van der Waals surface area contributed by atoms with Crippen molar-refractivity contribution in [2.24, 2.45) is 0 Å². The van der Waals surface area contributed by atoms with Gasteiger partial charge in [0, 0.05) is 18.5 Å². The molecule has 28 heavy (non-hydrogen) atoms. The van der Waals surface area contributed by atoms with Crippen LogP contribution < -0.4 is 10.1 Å². The van der Waals surface area contributed by atoms with E-state index in [1.165, 1.54) is 12.1 Å². The summed E-state index contributed by atoms with van der Waals surface area (Å²) in [6.07, 6.45) is 1.57. The number of benzene rings is 2. The molecule has 0 saturated heterocycles. The third-order valence-electron chi connectivity index (χ3n) is 4.36. The van der Waals surface area contributed by atoms with E-state index in [2.05, 4.69) is 5.32 Å². The van der Waals surface area contributed by atoms with E-state index in [1.54, 1.807) is 16.8 Å². The fourth-order valence-corrected chi connectivity index (χ4v) is 3.00. The molecule has 5 nitrogen and oxygen atoms in total. The smallest absolute Gasteiger partial charge is 0.226 e. The molecule has 0 atom stereocenters. The number of nitrogens with one attached hydrogen (secondary N) is 1. The molecule has 146 valence electrons. The Kier molecular flexibility index (Phi) is 6.42. The molecule has 0 saturated carbocycles. The Morgan fingerprint density at radius 3 is 2.46 bits per heavy atom. The summed E-state index contributed by atoms with van der Waals surface area (Å²) in [5.41, 5.74) is 2.63. The lowest BCUT2D eigenvalue weighted by atomic mass is 10.1. The van der Waals surface area contributed by atoms with Crippen molar-refractivity contribution in [1.29, 1.82) is 0 Å². The minimum atomic E-state index is -0.324. The summed E-state index contributed by atoms with van der Waals surface area (Å²) in [4.78, 5) is 12.0. The van der Waals surface area contributed by atoms with Gasteiger partial charge in [-0.15, -0.1) is 0 Å². The van der Waals surface area contributed by atoms with E-state index in [4.69, 9.17) is 9.84 Å². The topological polar surface area (TPSA) is 56.2 Å². The number of halogens is 1. The van der Waals surface area contributed by atoms with Crippen molar-refractivity contribution in [2.75, 3.05) is 6.54 Å². The van der Waals surface area contributed by atoms with Crippen LogP contribution in [0.2, 0.25) is 0 Å². The normalized spacial score (nSPS) is 10.7. The second kappa shape index (κ2) is 9.17. The summed E-state index contributed by atoms with van der Waals surface area (Å²) in [5.74, 6) is 0.735. The van der Waals surface area contributed by atoms with Gasteiger partial charge >= 0.3 is 0 Å². The average molecular weight is 381 g/mol. The number of aryl methyl sites for hydroxylation is 1. The van der Waals surface area contributed by atoms with Crippen LogP contribution in [-0.4, -0.2) is 22.2 Å². The van der Waals surface area contributed by atoms with E-state index >= 15 is 0 Å². The van der Waals surface area contributed by atoms with Gasteiger partial charge in [0.15, 0.2) is 0 Å². The number of carbonyl (C=O) groups is 1. The van der Waals surface area contributed by atoms with Gasteiger partial charge in [-0.3, -0.25) is 4.79 Å². The van der Waals surface area contributed by atoms with Crippen LogP contribution in [0, 0.1) is 5.82 Å². The SMILES string of the molecule is CCNC(=O)CCc1c(CC)nn(-c2ccccc2)c1Oc1ccc(F)cc1. The fraction of sp³-hybridized carbons (Fsp3) is 0.273. The van der Waals surface area contributed by atoms with Crippen molar-refractivity contribution >= 4 is 5.91 Å². The molecule has 1 amide bonds. The molecule has 0 aliphatic heterocycles. The number of hydrogen-bond acceptors (Lipinski definition) is 3. The van der Waals surface area contributed by atoms with Crippen molar-refractivity contribution in [3.05, 3.63) is 71.7 Å². The van der Waals surface area contributed by atoms with Crippen molar-refractivity contribution < 1.29 is 13.9 Å². The Labute approximate surface area is 164 Å². The van der Waals surface area contributed by atoms with Gasteiger partial charge in [0.2, 0.25) is 11.8 Å². The maximum atomic E-state index is 13.3. The Bertz CT molecular complexity index is 921. The van der Waals surface area contributed by atoms with Crippen molar-refractivity contribution in [1.82, 2.24) is 15.1 Å². The van der Waals surface area contributed by atoms with Gasteiger partial charge in [-0.2, -0.15) is 5.10 Å². The zero-order chi connectivity index (χ0) is 19.9. The number of ether oxygens (including phenoxy) is 1. The molecule has 1 heterocycles. The zero-order valence-corrected chi connectivity index (χ0v) is 16.1. The molecule has 0 fully saturated rings. The Hall–Kier alpha value is -3.15. The van der Waals surface area contributed by atoms with Crippen LogP contribution in [0.4, 0.5) is 4.39 Å². The zero-order valence-electron chi connectivity index (χ0n) is 16.1. The van der Waals surface area contributed by atoms with E-state index in [-0.39, 0.29) is 11.7 Å². The molecule has 1 N–H and O–H groups in total. The first-order valence-corrected chi connectivity index (χ1v) is 9.48. The van der Waals surface area contributed by atoms with E-state index in [0.717, 1.165) is 16.9 Å². The molecular formula is C22H24FN3O2. The molecule has 0 unspecified atom stereocenters. The highest BCUT2D eigenvalue weighted by molar-refractivity contribution is 5.76. The predicted octanol–water partition coefficient (Wildman–Crippen LogP) is 4.43. The lowest BCUT2D eigenvalue weighted by molar-refractivity contribution is -0.120. The number of para-hydroxylation sites is 1. The van der Waals surface area contributed by atoms with Crippen molar-refractivity contribution in [3.8, 4) is 17.3 Å². The van der Waals surface area contributed by atoms with E-state index in [1.807, 2.05) is 44.2 Å². The van der Waals surface area contributed by atoms with Crippen molar-refractivity contribution in [3.63, 3.8) is 0 Å². The first-order valence-electron chi connectivity index (χ1n) is 9.48. The number of rotatable bonds is 8. The summed E-state index contributed by atoms with van der Waals surface area (Å²) in [6, 6.07) is 15.5. The number of carbonyl (C=O) groups excluding carboxylic acids is 1. The van der Waals surface area contributed by atoms with Gasteiger partial charge in [0.25, 0.3) is 0 Å². The Morgan fingerprint density at radius 1 is 1.11 bits per heavy atom. The average Bonchev–Trinajstić information content (AvgIpc) is 3.06. The quantitative estimate of drug-likeness (QED) is 0.628. The van der Waals surface area contributed by atoms with Crippen LogP contribution in [0.3, 0.4) is 0 Å². The molecule has 0 spiro atoms. The molecule has 3 aromatic rings. The number of aromatic nitrogens is 2. The van der Waals surface area contributed by atoms with Crippen LogP contribution >= 0.6 is 0 Å². The van der Waals surface area contributed by atoms with Gasteiger partial charge < -0.3 is 10.1 Å². The first kappa shape index (κ1) is 19.6. The van der Waals surface area contributed by atoms with Crippen LogP contribution in [-0.2, 0) is 17.6 Å². The minimum absolute atomic E-state index is 0.00949. The van der Waals surface area contributed by atoms with Crippen LogP contribution in [0.5, 0.6) is 11.6 Å². The number of nitrogens with zero attached hydrogens (tertiary/aromatic N) is 2. The van der Waals surface area contributed by atoms with Crippen LogP contribution in [0.15, 0.2) is 54.6 Å². The number of amides is 1. The monoisotopic (exact) mass is 381 g/mol. The maximum Gasteiger partial charge on any atom is 0.226 e. The van der Waals surface area contributed by atoms with Crippen LogP contribution in [0.1, 0.15) is 31.5 Å². The summed E-state index contributed by atoms with van der Waals surface area (Å²) < 4.78 is 21.1. The van der Waals surface area contributed by atoms with Gasteiger partial charge in [0.1, 0.15) is 11.6 Å². The predicted molar refractivity (Wildman–Crippen MR) is 106 cm³/mol. The van der Waals surface area contributed by atoms with E-state index in [9.17, 15) is 9.18 Å². The van der Waals surface area contributed by atoms with E-state index < -0.39 is 0 Å². The van der Waals surface area contributed by atoms with Gasteiger partial charge in [-0.25, -0.2) is 9.07 Å². The highest BCUT2D eigenvalue weighted by atomic mass is 19.1. The first-order chi connectivity index (χ1) is 13.6. The van der Waals surface area contributed by atoms with Gasteiger partial charge in [-0.05, 0) is 56.2 Å². The Balaban J connectivity index is 2.01. The summed E-state index contributed by atoms with van der Waals surface area (Å²) in [5, 5.41) is 7.54. The molecular weight excluding hydrogens is 357 g/mol. The highest BCUT2D eigenvalue weighted by Crippen LogP contribution is 2.32. The minimum Gasteiger partial charge on any atom is -0.439 e. The second-order valence-corrected chi connectivity index (χ2v) is 6.34. The second-order valence-electron chi connectivity index (χ2n) is 6.34. The molecule has 3 rings (SSSR count). The summed E-state index contributed by atoms with van der Waals surface area (Å²) >= 11 is 0. The summed E-state index contributed by atoms with van der Waals surface area (Å²) in [7, 11) is 0. The van der Waals surface area contributed by atoms with Crippen LogP contribution in [0.25, 0.3) is 5.69 Å². The number of hydrogen-bond donors (Lipinski definition) is 1. The lowest BCUT2D eigenvalue weighted by Gasteiger charge is -2.11. The highest BCUT2D eigenvalue weighted by Gasteiger charge is 2.21. The van der Waals surface area contributed by atoms with E-state index in [0.29, 0.717) is 37.4 Å².